The molecule has 0 bridgehead atoms. The van der Waals surface area contributed by atoms with Crippen LogP contribution in [0.2, 0.25) is 0 Å². The zero-order chi connectivity index (χ0) is 22.8. The van der Waals surface area contributed by atoms with Crippen LogP contribution in [0.15, 0.2) is 36.2 Å². The Morgan fingerprint density at radius 1 is 1.19 bits per heavy atom. The zero-order valence-corrected chi connectivity index (χ0v) is 19.0. The average Bonchev–Trinajstić information content (AvgIpc) is 2.90. The Balaban J connectivity index is 2.11. The Labute approximate surface area is 183 Å². The number of carbonyl (C=O) groups is 1. The first kappa shape index (κ1) is 22.9. The van der Waals surface area contributed by atoms with Gasteiger partial charge in [0.05, 0.1) is 5.56 Å². The summed E-state index contributed by atoms with van der Waals surface area (Å²) in [4.78, 5) is 20.1. The van der Waals surface area contributed by atoms with Crippen LogP contribution in [0.25, 0.3) is 11.1 Å². The highest BCUT2D eigenvalue weighted by molar-refractivity contribution is 6.02. The lowest BCUT2D eigenvalue weighted by Crippen LogP contribution is -2.31. The van der Waals surface area contributed by atoms with E-state index in [4.69, 9.17) is 0 Å². The smallest absolute Gasteiger partial charge is 0.259 e. The van der Waals surface area contributed by atoms with E-state index in [2.05, 4.69) is 29.0 Å². The maximum atomic E-state index is 13.9. The van der Waals surface area contributed by atoms with Crippen molar-refractivity contribution in [3.05, 3.63) is 58.9 Å². The molecule has 1 amide bonds. The highest BCUT2D eigenvalue weighted by atomic mass is 19.2. The summed E-state index contributed by atoms with van der Waals surface area (Å²) in [5.41, 5.74) is 3.26. The molecule has 2 heterocycles. The molecule has 4 nitrogen and oxygen atoms in total. The standard InChI is InChI=1S/C25H31F2N3O/c1-6-16(2)29-24(31)22-17(3)19(18-8-9-20(26)21(27)14-18)15-28-23(22)30-12-7-10-25(4,5)11-13-30/h6,8-9,14-15H,7,10-13H2,1-5H3,(H,29,31)/b16-6+. The third-order valence-electron chi connectivity index (χ3n) is 6.16. The van der Waals surface area contributed by atoms with Crippen molar-refractivity contribution in [3.63, 3.8) is 0 Å². The van der Waals surface area contributed by atoms with Gasteiger partial charge < -0.3 is 10.2 Å². The molecule has 1 saturated heterocycles. The van der Waals surface area contributed by atoms with Gasteiger partial charge in [0.1, 0.15) is 5.82 Å². The summed E-state index contributed by atoms with van der Waals surface area (Å²) in [6, 6.07) is 3.75. The van der Waals surface area contributed by atoms with Crippen LogP contribution in [0.4, 0.5) is 14.6 Å². The van der Waals surface area contributed by atoms with E-state index in [-0.39, 0.29) is 11.3 Å². The lowest BCUT2D eigenvalue weighted by molar-refractivity contribution is 0.0965. The van der Waals surface area contributed by atoms with Gasteiger partial charge in [-0.3, -0.25) is 4.79 Å². The molecule has 166 valence electrons. The Morgan fingerprint density at radius 2 is 1.94 bits per heavy atom. The van der Waals surface area contributed by atoms with E-state index in [1.165, 1.54) is 6.07 Å². The minimum absolute atomic E-state index is 0.247. The Bertz CT molecular complexity index is 1010. The summed E-state index contributed by atoms with van der Waals surface area (Å²) < 4.78 is 27.3. The predicted octanol–water partition coefficient (Wildman–Crippen LogP) is 6.01. The number of anilines is 1. The summed E-state index contributed by atoms with van der Waals surface area (Å²) in [5.74, 6) is -1.43. The van der Waals surface area contributed by atoms with Crippen molar-refractivity contribution in [1.82, 2.24) is 10.3 Å². The molecule has 1 aliphatic heterocycles. The van der Waals surface area contributed by atoms with Crippen molar-refractivity contribution in [2.24, 2.45) is 5.41 Å². The first-order chi connectivity index (χ1) is 14.6. The van der Waals surface area contributed by atoms with Gasteiger partial charge in [-0.25, -0.2) is 13.8 Å². The Morgan fingerprint density at radius 3 is 2.61 bits per heavy atom. The lowest BCUT2D eigenvalue weighted by atomic mass is 9.85. The number of aromatic nitrogens is 1. The highest BCUT2D eigenvalue weighted by Gasteiger charge is 2.28. The van der Waals surface area contributed by atoms with Gasteiger partial charge in [0.25, 0.3) is 5.91 Å². The number of nitrogens with one attached hydrogen (secondary N) is 1. The van der Waals surface area contributed by atoms with E-state index in [0.717, 1.165) is 50.2 Å². The number of nitrogens with zero attached hydrogens (tertiary/aromatic N) is 2. The van der Waals surface area contributed by atoms with E-state index in [1.54, 1.807) is 6.20 Å². The molecule has 31 heavy (non-hydrogen) atoms. The van der Waals surface area contributed by atoms with Gasteiger partial charge in [-0.05, 0) is 68.7 Å². The SMILES string of the molecule is C/C=C(\C)NC(=O)c1c(N2CCCC(C)(C)CC2)ncc(-c2ccc(F)c(F)c2)c1C. The lowest BCUT2D eigenvalue weighted by Gasteiger charge is -2.27. The predicted molar refractivity (Wildman–Crippen MR) is 121 cm³/mol. The van der Waals surface area contributed by atoms with Crippen molar-refractivity contribution >= 4 is 11.7 Å². The molecule has 0 spiro atoms. The van der Waals surface area contributed by atoms with Crippen molar-refractivity contribution in [2.75, 3.05) is 18.0 Å². The van der Waals surface area contributed by atoms with Crippen LogP contribution in [0.5, 0.6) is 0 Å². The van der Waals surface area contributed by atoms with Crippen LogP contribution in [-0.2, 0) is 0 Å². The fourth-order valence-electron chi connectivity index (χ4n) is 4.00. The summed E-state index contributed by atoms with van der Waals surface area (Å²) in [7, 11) is 0. The molecule has 6 heteroatoms. The number of allylic oxidation sites excluding steroid dienone is 2. The molecular formula is C25H31F2N3O. The summed E-state index contributed by atoms with van der Waals surface area (Å²) in [5, 5.41) is 2.92. The minimum atomic E-state index is -0.925. The van der Waals surface area contributed by atoms with E-state index < -0.39 is 11.6 Å². The van der Waals surface area contributed by atoms with E-state index in [1.807, 2.05) is 26.8 Å². The largest absolute Gasteiger partial charge is 0.356 e. The molecule has 1 aliphatic rings. The second-order valence-corrected chi connectivity index (χ2v) is 9.05. The number of amides is 1. The Kier molecular flexibility index (Phi) is 6.77. The molecule has 1 N–H and O–H groups in total. The first-order valence-electron chi connectivity index (χ1n) is 10.8. The second kappa shape index (κ2) is 9.16. The summed E-state index contributed by atoms with van der Waals surface area (Å²) >= 11 is 0. The van der Waals surface area contributed by atoms with Gasteiger partial charge in [-0.1, -0.05) is 26.0 Å². The maximum Gasteiger partial charge on any atom is 0.259 e. The van der Waals surface area contributed by atoms with Gasteiger partial charge in [0, 0.05) is 30.5 Å². The number of hydrogen-bond acceptors (Lipinski definition) is 3. The van der Waals surface area contributed by atoms with Crippen molar-refractivity contribution in [2.45, 2.75) is 53.9 Å². The van der Waals surface area contributed by atoms with Crippen LogP contribution in [0, 0.1) is 24.0 Å². The quantitative estimate of drug-likeness (QED) is 0.650. The van der Waals surface area contributed by atoms with Crippen LogP contribution < -0.4 is 10.2 Å². The number of hydrogen-bond donors (Lipinski definition) is 1. The van der Waals surface area contributed by atoms with Crippen LogP contribution in [0.3, 0.4) is 0 Å². The fraction of sp³-hybridized carbons (Fsp3) is 0.440. The van der Waals surface area contributed by atoms with Gasteiger partial charge in [0.15, 0.2) is 11.6 Å². The topological polar surface area (TPSA) is 45.2 Å². The van der Waals surface area contributed by atoms with Gasteiger partial charge in [-0.2, -0.15) is 0 Å². The maximum absolute atomic E-state index is 13.9. The summed E-state index contributed by atoms with van der Waals surface area (Å²) in [6.45, 7) is 11.7. The number of carbonyl (C=O) groups excluding carboxylic acids is 1. The molecule has 0 unspecified atom stereocenters. The van der Waals surface area contributed by atoms with Crippen molar-refractivity contribution in [3.8, 4) is 11.1 Å². The molecule has 3 rings (SSSR count). The molecule has 0 saturated carbocycles. The van der Waals surface area contributed by atoms with Gasteiger partial charge in [-0.15, -0.1) is 0 Å². The number of pyridine rings is 1. The summed E-state index contributed by atoms with van der Waals surface area (Å²) in [6.07, 6.45) is 6.64. The van der Waals surface area contributed by atoms with E-state index >= 15 is 0 Å². The number of benzene rings is 1. The normalized spacial score (nSPS) is 16.7. The molecule has 0 aliphatic carbocycles. The highest BCUT2D eigenvalue weighted by Crippen LogP contribution is 2.35. The molecule has 1 aromatic heterocycles. The van der Waals surface area contributed by atoms with Gasteiger partial charge >= 0.3 is 0 Å². The van der Waals surface area contributed by atoms with Crippen molar-refractivity contribution < 1.29 is 13.6 Å². The van der Waals surface area contributed by atoms with Crippen LogP contribution in [0.1, 0.15) is 62.9 Å². The monoisotopic (exact) mass is 427 g/mol. The third kappa shape index (κ3) is 5.12. The van der Waals surface area contributed by atoms with Crippen LogP contribution in [-0.4, -0.2) is 24.0 Å². The second-order valence-electron chi connectivity index (χ2n) is 9.05. The molecule has 0 radical (unpaired) electrons. The third-order valence-corrected chi connectivity index (χ3v) is 6.16. The number of rotatable bonds is 4. The minimum Gasteiger partial charge on any atom is -0.356 e. The molecule has 2 aromatic rings. The van der Waals surface area contributed by atoms with Crippen LogP contribution >= 0.6 is 0 Å². The van der Waals surface area contributed by atoms with Crippen molar-refractivity contribution in [1.29, 1.82) is 0 Å². The first-order valence-corrected chi connectivity index (χ1v) is 10.8. The molecule has 1 aromatic carbocycles. The average molecular weight is 428 g/mol. The fourth-order valence-corrected chi connectivity index (χ4v) is 4.00. The van der Waals surface area contributed by atoms with E-state index in [9.17, 15) is 13.6 Å². The molecular weight excluding hydrogens is 396 g/mol. The molecule has 0 atom stereocenters. The van der Waals surface area contributed by atoms with E-state index in [0.29, 0.717) is 28.1 Å². The molecule has 1 fully saturated rings. The zero-order valence-electron chi connectivity index (χ0n) is 19.0. The number of halogens is 2. The Hall–Kier alpha value is -2.76. The van der Waals surface area contributed by atoms with Gasteiger partial charge in [0.2, 0.25) is 0 Å².